The second kappa shape index (κ2) is 6.13. The molecule has 0 saturated heterocycles. The summed E-state index contributed by atoms with van der Waals surface area (Å²) in [7, 11) is 0. The summed E-state index contributed by atoms with van der Waals surface area (Å²) in [5.41, 5.74) is 2.35. The third-order valence-electron chi connectivity index (χ3n) is 4.34. The van der Waals surface area contributed by atoms with Crippen LogP contribution in [0.3, 0.4) is 0 Å². The SMILES string of the molecule is Cc1cc(CNC2CC2)cc(OC2CCCC(C)C2)n1. The first-order chi connectivity index (χ1) is 9.69. The molecule has 2 fully saturated rings. The molecule has 1 aromatic heterocycles. The van der Waals surface area contributed by atoms with Crippen molar-refractivity contribution in [1.82, 2.24) is 10.3 Å². The molecule has 3 nitrogen and oxygen atoms in total. The molecule has 0 amide bonds. The van der Waals surface area contributed by atoms with Crippen LogP contribution in [0.2, 0.25) is 0 Å². The van der Waals surface area contributed by atoms with Gasteiger partial charge in [0.05, 0.1) is 0 Å². The molecule has 110 valence electrons. The zero-order valence-corrected chi connectivity index (χ0v) is 12.7. The van der Waals surface area contributed by atoms with Crippen molar-refractivity contribution in [2.45, 2.75) is 71.1 Å². The zero-order valence-electron chi connectivity index (χ0n) is 12.7. The molecule has 0 aromatic carbocycles. The van der Waals surface area contributed by atoms with E-state index in [0.29, 0.717) is 6.10 Å². The molecule has 0 aliphatic heterocycles. The second-order valence-corrected chi connectivity index (χ2v) is 6.62. The van der Waals surface area contributed by atoms with Gasteiger partial charge in [0.1, 0.15) is 6.10 Å². The number of hydrogen-bond acceptors (Lipinski definition) is 3. The first-order valence-electron chi connectivity index (χ1n) is 8.06. The van der Waals surface area contributed by atoms with E-state index in [1.165, 1.54) is 44.1 Å². The molecular formula is C17H26N2O. The van der Waals surface area contributed by atoms with Gasteiger partial charge < -0.3 is 10.1 Å². The smallest absolute Gasteiger partial charge is 0.214 e. The molecule has 3 rings (SSSR count). The Kier molecular flexibility index (Phi) is 4.25. The number of pyridine rings is 1. The minimum atomic E-state index is 0.359. The summed E-state index contributed by atoms with van der Waals surface area (Å²) < 4.78 is 6.13. The van der Waals surface area contributed by atoms with E-state index in [4.69, 9.17) is 4.74 Å². The molecule has 20 heavy (non-hydrogen) atoms. The van der Waals surface area contributed by atoms with Gasteiger partial charge in [0, 0.05) is 24.3 Å². The lowest BCUT2D eigenvalue weighted by atomic mass is 9.89. The average Bonchev–Trinajstić information content (AvgIpc) is 3.20. The van der Waals surface area contributed by atoms with Gasteiger partial charge in [-0.05, 0) is 56.6 Å². The predicted octanol–water partition coefficient (Wildman–Crippen LogP) is 3.60. The van der Waals surface area contributed by atoms with Crippen molar-refractivity contribution in [2.75, 3.05) is 0 Å². The average molecular weight is 274 g/mol. The highest BCUT2D eigenvalue weighted by Crippen LogP contribution is 2.27. The molecule has 1 heterocycles. The normalized spacial score (nSPS) is 26.5. The number of rotatable bonds is 5. The van der Waals surface area contributed by atoms with Crippen molar-refractivity contribution < 1.29 is 4.74 Å². The lowest BCUT2D eigenvalue weighted by molar-refractivity contribution is 0.123. The van der Waals surface area contributed by atoms with E-state index in [1.54, 1.807) is 0 Å². The number of aromatic nitrogens is 1. The fourth-order valence-corrected chi connectivity index (χ4v) is 3.08. The van der Waals surface area contributed by atoms with Gasteiger partial charge in [-0.3, -0.25) is 0 Å². The Labute approximate surface area is 122 Å². The molecule has 2 atom stereocenters. The minimum Gasteiger partial charge on any atom is -0.474 e. The van der Waals surface area contributed by atoms with Crippen LogP contribution in [0, 0.1) is 12.8 Å². The van der Waals surface area contributed by atoms with Gasteiger partial charge in [-0.1, -0.05) is 13.3 Å². The first-order valence-corrected chi connectivity index (χ1v) is 8.06. The minimum absolute atomic E-state index is 0.359. The molecule has 0 radical (unpaired) electrons. The van der Waals surface area contributed by atoms with Gasteiger partial charge in [-0.15, -0.1) is 0 Å². The van der Waals surface area contributed by atoms with Gasteiger partial charge in [0.15, 0.2) is 0 Å². The van der Waals surface area contributed by atoms with E-state index in [2.05, 4.69) is 36.3 Å². The Hall–Kier alpha value is -1.09. The van der Waals surface area contributed by atoms with E-state index in [0.717, 1.165) is 30.1 Å². The van der Waals surface area contributed by atoms with E-state index in [1.807, 2.05) is 0 Å². The van der Waals surface area contributed by atoms with Gasteiger partial charge in [0.2, 0.25) is 5.88 Å². The topological polar surface area (TPSA) is 34.1 Å². The summed E-state index contributed by atoms with van der Waals surface area (Å²) in [6, 6.07) is 5.01. The van der Waals surface area contributed by atoms with Crippen LogP contribution < -0.4 is 10.1 Å². The van der Waals surface area contributed by atoms with Crippen molar-refractivity contribution in [3.05, 3.63) is 23.4 Å². The van der Waals surface area contributed by atoms with Crippen molar-refractivity contribution in [3.8, 4) is 5.88 Å². The maximum absolute atomic E-state index is 6.13. The number of nitrogens with one attached hydrogen (secondary N) is 1. The van der Waals surface area contributed by atoms with Crippen molar-refractivity contribution in [3.63, 3.8) is 0 Å². The lowest BCUT2D eigenvalue weighted by Crippen LogP contribution is -2.24. The van der Waals surface area contributed by atoms with Crippen LogP contribution in [-0.4, -0.2) is 17.1 Å². The standard InChI is InChI=1S/C17H26N2O/c1-12-4-3-5-16(8-12)20-17-10-14(9-13(2)19-17)11-18-15-6-7-15/h9-10,12,15-16,18H,3-8,11H2,1-2H3. The molecule has 0 spiro atoms. The maximum atomic E-state index is 6.13. The summed E-state index contributed by atoms with van der Waals surface area (Å²) in [5.74, 6) is 1.60. The van der Waals surface area contributed by atoms with E-state index in [-0.39, 0.29) is 0 Å². The van der Waals surface area contributed by atoms with E-state index < -0.39 is 0 Å². The van der Waals surface area contributed by atoms with E-state index in [9.17, 15) is 0 Å². The highest BCUT2D eigenvalue weighted by Gasteiger charge is 2.22. The number of aryl methyl sites for hydroxylation is 1. The van der Waals surface area contributed by atoms with Gasteiger partial charge in [-0.25, -0.2) is 4.98 Å². The molecule has 2 unspecified atom stereocenters. The summed E-state index contributed by atoms with van der Waals surface area (Å²) in [4.78, 5) is 4.55. The molecular weight excluding hydrogens is 248 g/mol. The van der Waals surface area contributed by atoms with E-state index >= 15 is 0 Å². The van der Waals surface area contributed by atoms with Crippen LogP contribution in [0.1, 0.15) is 56.7 Å². The Morgan fingerprint density at radius 2 is 2.10 bits per heavy atom. The second-order valence-electron chi connectivity index (χ2n) is 6.62. The van der Waals surface area contributed by atoms with Crippen LogP contribution >= 0.6 is 0 Å². The third-order valence-corrected chi connectivity index (χ3v) is 4.34. The van der Waals surface area contributed by atoms with Crippen LogP contribution in [0.5, 0.6) is 5.88 Å². The highest BCUT2D eigenvalue weighted by molar-refractivity contribution is 5.25. The predicted molar refractivity (Wildman–Crippen MR) is 80.9 cm³/mol. The molecule has 0 bridgehead atoms. The Morgan fingerprint density at radius 1 is 1.25 bits per heavy atom. The highest BCUT2D eigenvalue weighted by atomic mass is 16.5. The molecule has 1 aromatic rings. The molecule has 3 heteroatoms. The van der Waals surface area contributed by atoms with Crippen molar-refractivity contribution >= 4 is 0 Å². The summed E-state index contributed by atoms with van der Waals surface area (Å²) >= 11 is 0. The van der Waals surface area contributed by atoms with Crippen molar-refractivity contribution in [2.24, 2.45) is 5.92 Å². The number of hydrogen-bond donors (Lipinski definition) is 1. The number of nitrogens with zero attached hydrogens (tertiary/aromatic N) is 1. The Balaban J connectivity index is 1.62. The quantitative estimate of drug-likeness (QED) is 0.891. The zero-order chi connectivity index (χ0) is 13.9. The van der Waals surface area contributed by atoms with Gasteiger partial charge >= 0.3 is 0 Å². The summed E-state index contributed by atoms with van der Waals surface area (Å²) in [6.07, 6.45) is 7.99. The molecule has 2 saturated carbocycles. The monoisotopic (exact) mass is 274 g/mol. The van der Waals surface area contributed by atoms with Crippen LogP contribution in [0.25, 0.3) is 0 Å². The summed E-state index contributed by atoms with van der Waals surface area (Å²) in [6.45, 7) is 5.31. The lowest BCUT2D eigenvalue weighted by Gasteiger charge is -2.27. The van der Waals surface area contributed by atoms with Crippen molar-refractivity contribution in [1.29, 1.82) is 0 Å². The van der Waals surface area contributed by atoms with Crippen LogP contribution in [0.15, 0.2) is 12.1 Å². The van der Waals surface area contributed by atoms with Gasteiger partial charge in [-0.2, -0.15) is 0 Å². The van der Waals surface area contributed by atoms with Crippen LogP contribution in [0.4, 0.5) is 0 Å². The Morgan fingerprint density at radius 3 is 2.85 bits per heavy atom. The molecule has 1 N–H and O–H groups in total. The third kappa shape index (κ3) is 3.95. The molecule has 2 aliphatic carbocycles. The molecule has 2 aliphatic rings. The number of ether oxygens (including phenoxy) is 1. The first kappa shape index (κ1) is 13.9. The fourth-order valence-electron chi connectivity index (χ4n) is 3.08. The van der Waals surface area contributed by atoms with Gasteiger partial charge in [0.25, 0.3) is 0 Å². The fraction of sp³-hybridized carbons (Fsp3) is 0.706. The Bertz CT molecular complexity index is 456. The van der Waals surface area contributed by atoms with Crippen LogP contribution in [-0.2, 0) is 6.54 Å². The maximum Gasteiger partial charge on any atom is 0.214 e. The summed E-state index contributed by atoms with van der Waals surface area (Å²) in [5, 5.41) is 3.55. The largest absolute Gasteiger partial charge is 0.474 e.